The SMILES string of the molecule is CN1CC2(CCCC2)CNc2cccc(Br)c21. The highest BCUT2D eigenvalue weighted by atomic mass is 79.9. The molecule has 0 aromatic heterocycles. The Balaban J connectivity index is 1.97. The number of hydrogen-bond donors (Lipinski definition) is 1. The highest BCUT2D eigenvalue weighted by Gasteiger charge is 2.37. The average molecular weight is 295 g/mol. The van der Waals surface area contributed by atoms with Gasteiger partial charge < -0.3 is 10.2 Å². The summed E-state index contributed by atoms with van der Waals surface area (Å²) in [5.74, 6) is 0. The Labute approximate surface area is 112 Å². The molecular formula is C14H19BrN2. The van der Waals surface area contributed by atoms with E-state index in [0.29, 0.717) is 5.41 Å². The summed E-state index contributed by atoms with van der Waals surface area (Å²) in [7, 11) is 2.22. The molecule has 1 aromatic rings. The Morgan fingerprint density at radius 2 is 2.06 bits per heavy atom. The first-order valence-corrected chi connectivity index (χ1v) is 7.23. The molecule has 92 valence electrons. The van der Waals surface area contributed by atoms with Gasteiger partial charge in [0.1, 0.15) is 0 Å². The molecule has 0 radical (unpaired) electrons. The van der Waals surface area contributed by atoms with Crippen LogP contribution in [-0.4, -0.2) is 20.1 Å². The zero-order chi connectivity index (χ0) is 11.9. The van der Waals surface area contributed by atoms with Gasteiger partial charge in [-0.25, -0.2) is 0 Å². The van der Waals surface area contributed by atoms with Crippen molar-refractivity contribution < 1.29 is 0 Å². The second kappa shape index (κ2) is 4.20. The van der Waals surface area contributed by atoms with Crippen LogP contribution in [0.15, 0.2) is 22.7 Å². The van der Waals surface area contributed by atoms with Gasteiger partial charge in [-0.3, -0.25) is 0 Å². The van der Waals surface area contributed by atoms with E-state index in [1.807, 2.05) is 0 Å². The first-order chi connectivity index (χ1) is 8.20. The van der Waals surface area contributed by atoms with Gasteiger partial charge in [-0.1, -0.05) is 18.9 Å². The molecule has 1 spiro atoms. The number of hydrogen-bond acceptors (Lipinski definition) is 2. The molecule has 0 saturated heterocycles. The molecule has 0 atom stereocenters. The lowest BCUT2D eigenvalue weighted by molar-refractivity contribution is 0.330. The Morgan fingerprint density at radius 3 is 2.82 bits per heavy atom. The van der Waals surface area contributed by atoms with Crippen LogP contribution in [0.25, 0.3) is 0 Å². The molecular weight excluding hydrogens is 276 g/mol. The highest BCUT2D eigenvalue weighted by Crippen LogP contribution is 2.44. The largest absolute Gasteiger partial charge is 0.383 e. The van der Waals surface area contributed by atoms with E-state index in [-0.39, 0.29) is 0 Å². The van der Waals surface area contributed by atoms with Gasteiger partial charge in [-0.05, 0) is 40.9 Å². The topological polar surface area (TPSA) is 15.3 Å². The van der Waals surface area contributed by atoms with Crippen LogP contribution in [0.5, 0.6) is 0 Å². The van der Waals surface area contributed by atoms with Crippen LogP contribution in [-0.2, 0) is 0 Å². The van der Waals surface area contributed by atoms with Crippen molar-refractivity contribution in [1.29, 1.82) is 0 Å². The summed E-state index contributed by atoms with van der Waals surface area (Å²) in [4.78, 5) is 2.42. The first-order valence-electron chi connectivity index (χ1n) is 6.44. The molecule has 1 aromatic carbocycles. The number of nitrogens with zero attached hydrogens (tertiary/aromatic N) is 1. The van der Waals surface area contributed by atoms with Gasteiger partial charge in [-0.15, -0.1) is 0 Å². The third-order valence-corrected chi connectivity index (χ3v) is 4.90. The molecule has 0 amide bonds. The standard InChI is InChI=1S/C14H19BrN2/c1-17-10-14(7-2-3-8-14)9-16-12-6-4-5-11(15)13(12)17/h4-6,16H,2-3,7-10H2,1H3. The number of benzene rings is 1. The molecule has 1 aliphatic carbocycles. The third kappa shape index (κ3) is 1.95. The van der Waals surface area contributed by atoms with Gasteiger partial charge in [-0.2, -0.15) is 0 Å². The van der Waals surface area contributed by atoms with Crippen molar-refractivity contribution in [2.24, 2.45) is 5.41 Å². The van der Waals surface area contributed by atoms with Crippen molar-refractivity contribution in [3.05, 3.63) is 22.7 Å². The van der Waals surface area contributed by atoms with E-state index >= 15 is 0 Å². The predicted octanol–water partition coefficient (Wildman–Crippen LogP) is 3.87. The zero-order valence-corrected chi connectivity index (χ0v) is 11.9. The lowest BCUT2D eigenvalue weighted by atomic mass is 9.86. The second-order valence-corrected chi connectivity index (χ2v) is 6.41. The number of anilines is 2. The van der Waals surface area contributed by atoms with Crippen LogP contribution in [0.3, 0.4) is 0 Å². The zero-order valence-electron chi connectivity index (χ0n) is 10.3. The smallest absolute Gasteiger partial charge is 0.0743 e. The summed E-state index contributed by atoms with van der Waals surface area (Å²) in [6.07, 6.45) is 5.53. The number of para-hydroxylation sites is 1. The summed E-state index contributed by atoms with van der Waals surface area (Å²) in [5, 5.41) is 3.66. The summed E-state index contributed by atoms with van der Waals surface area (Å²) in [6, 6.07) is 6.42. The fourth-order valence-corrected chi connectivity index (χ4v) is 4.10. The maximum Gasteiger partial charge on any atom is 0.0743 e. The van der Waals surface area contributed by atoms with Crippen molar-refractivity contribution in [2.75, 3.05) is 30.4 Å². The van der Waals surface area contributed by atoms with E-state index in [1.165, 1.54) is 48.1 Å². The Bertz CT molecular complexity index is 424. The van der Waals surface area contributed by atoms with E-state index in [1.54, 1.807) is 0 Å². The number of halogens is 1. The third-order valence-electron chi connectivity index (χ3n) is 4.26. The maximum absolute atomic E-state index is 3.67. The molecule has 1 aliphatic heterocycles. The van der Waals surface area contributed by atoms with Gasteiger partial charge >= 0.3 is 0 Å². The molecule has 17 heavy (non-hydrogen) atoms. The van der Waals surface area contributed by atoms with Crippen molar-refractivity contribution in [3.63, 3.8) is 0 Å². The lowest BCUT2D eigenvalue weighted by Crippen LogP contribution is -2.36. The first kappa shape index (κ1) is 11.4. The normalized spacial score (nSPS) is 22.1. The van der Waals surface area contributed by atoms with Crippen LogP contribution in [0.4, 0.5) is 11.4 Å². The molecule has 3 heteroatoms. The molecule has 3 rings (SSSR count). The van der Waals surface area contributed by atoms with Crippen molar-refractivity contribution in [3.8, 4) is 0 Å². The minimum absolute atomic E-state index is 0.493. The second-order valence-electron chi connectivity index (χ2n) is 5.55. The summed E-state index contributed by atoms with van der Waals surface area (Å²) < 4.78 is 1.19. The van der Waals surface area contributed by atoms with Crippen molar-refractivity contribution >= 4 is 27.3 Å². The fourth-order valence-electron chi connectivity index (χ4n) is 3.43. The van der Waals surface area contributed by atoms with E-state index in [9.17, 15) is 0 Å². The monoisotopic (exact) mass is 294 g/mol. The molecule has 1 heterocycles. The van der Waals surface area contributed by atoms with Gasteiger partial charge in [0.25, 0.3) is 0 Å². The molecule has 1 fully saturated rings. The highest BCUT2D eigenvalue weighted by molar-refractivity contribution is 9.10. The van der Waals surface area contributed by atoms with Crippen molar-refractivity contribution in [2.45, 2.75) is 25.7 Å². The van der Waals surface area contributed by atoms with Crippen molar-refractivity contribution in [1.82, 2.24) is 0 Å². The molecule has 0 unspecified atom stereocenters. The minimum Gasteiger partial charge on any atom is -0.383 e. The summed E-state index contributed by atoms with van der Waals surface area (Å²) in [5.41, 5.74) is 3.08. The summed E-state index contributed by atoms with van der Waals surface area (Å²) in [6.45, 7) is 2.30. The van der Waals surface area contributed by atoms with Crippen LogP contribution < -0.4 is 10.2 Å². The van der Waals surface area contributed by atoms with Gasteiger partial charge in [0, 0.05) is 30.0 Å². The van der Waals surface area contributed by atoms with Crippen LogP contribution in [0.1, 0.15) is 25.7 Å². The molecule has 2 nitrogen and oxygen atoms in total. The van der Waals surface area contributed by atoms with Gasteiger partial charge in [0.05, 0.1) is 11.4 Å². The maximum atomic E-state index is 3.67. The van der Waals surface area contributed by atoms with Crippen LogP contribution in [0, 0.1) is 5.41 Å². The summed E-state index contributed by atoms with van der Waals surface area (Å²) >= 11 is 3.67. The average Bonchev–Trinajstić information content (AvgIpc) is 2.69. The van der Waals surface area contributed by atoms with Crippen LogP contribution >= 0.6 is 15.9 Å². The lowest BCUT2D eigenvalue weighted by Gasteiger charge is -2.31. The molecule has 0 bridgehead atoms. The molecule has 1 N–H and O–H groups in total. The Hall–Kier alpha value is -0.700. The molecule has 1 saturated carbocycles. The van der Waals surface area contributed by atoms with Crippen LogP contribution in [0.2, 0.25) is 0 Å². The minimum atomic E-state index is 0.493. The Kier molecular flexibility index (Phi) is 2.81. The molecule has 2 aliphatic rings. The van der Waals surface area contributed by atoms with E-state index in [4.69, 9.17) is 0 Å². The fraction of sp³-hybridized carbons (Fsp3) is 0.571. The Morgan fingerprint density at radius 1 is 1.29 bits per heavy atom. The van der Waals surface area contributed by atoms with E-state index < -0.39 is 0 Å². The number of rotatable bonds is 0. The van der Waals surface area contributed by atoms with Gasteiger partial charge in [0.15, 0.2) is 0 Å². The van der Waals surface area contributed by atoms with E-state index in [2.05, 4.69) is 51.4 Å². The number of nitrogens with one attached hydrogen (secondary N) is 1. The van der Waals surface area contributed by atoms with Gasteiger partial charge in [0.2, 0.25) is 0 Å². The quantitative estimate of drug-likeness (QED) is 0.781. The predicted molar refractivity (Wildman–Crippen MR) is 76.8 cm³/mol. The number of fused-ring (bicyclic) bond motifs is 1. The van der Waals surface area contributed by atoms with E-state index in [0.717, 1.165) is 6.54 Å².